The van der Waals surface area contributed by atoms with Crippen LogP contribution in [0.15, 0.2) is 54.6 Å². The number of rotatable bonds is 4. The van der Waals surface area contributed by atoms with Gasteiger partial charge in [0.1, 0.15) is 5.75 Å². The van der Waals surface area contributed by atoms with Gasteiger partial charge in [0.05, 0.1) is 24.4 Å². The van der Waals surface area contributed by atoms with Gasteiger partial charge < -0.3 is 14.7 Å². The average molecular weight is 395 g/mol. The van der Waals surface area contributed by atoms with Gasteiger partial charge in [0.15, 0.2) is 5.78 Å². The van der Waals surface area contributed by atoms with Crippen LogP contribution in [0.2, 0.25) is 5.02 Å². The Labute approximate surface area is 167 Å². The molecule has 2 heterocycles. The molecule has 6 heteroatoms. The number of ketones is 1. The number of anilines is 1. The van der Waals surface area contributed by atoms with Crippen molar-refractivity contribution in [1.82, 2.24) is 4.98 Å². The number of fused-ring (bicyclic) bond motifs is 1. The van der Waals surface area contributed by atoms with Crippen LogP contribution in [0.3, 0.4) is 0 Å². The second-order valence-electron chi connectivity index (χ2n) is 6.57. The molecule has 2 aromatic carbocycles. The SMILES string of the molecule is O=C(/C=C/c1cc(N2CCOCC2)c2cc(O)ccc2n1)c1ccc(Cl)cc1. The van der Waals surface area contributed by atoms with Gasteiger partial charge in [-0.1, -0.05) is 11.6 Å². The fourth-order valence-corrected chi connectivity index (χ4v) is 3.36. The first-order valence-electron chi connectivity index (χ1n) is 9.04. The fourth-order valence-electron chi connectivity index (χ4n) is 3.24. The molecular formula is C22H19ClN2O3. The number of ether oxygens (including phenoxy) is 1. The van der Waals surface area contributed by atoms with E-state index in [0.717, 1.165) is 29.7 Å². The standard InChI is InChI=1S/C22H19ClN2O3/c23-16-3-1-15(2-4-16)22(27)8-5-17-13-21(25-9-11-28-12-10-25)19-14-18(26)6-7-20(19)24-17/h1-8,13-14,26H,9-12H2/b8-5+. The first-order valence-corrected chi connectivity index (χ1v) is 9.42. The summed E-state index contributed by atoms with van der Waals surface area (Å²) in [6.07, 6.45) is 3.23. The van der Waals surface area contributed by atoms with Crippen LogP contribution in [0.4, 0.5) is 5.69 Å². The van der Waals surface area contributed by atoms with Gasteiger partial charge in [0, 0.05) is 34.7 Å². The number of benzene rings is 2. The minimum Gasteiger partial charge on any atom is -0.508 e. The maximum atomic E-state index is 12.4. The quantitative estimate of drug-likeness (QED) is 0.527. The van der Waals surface area contributed by atoms with E-state index < -0.39 is 0 Å². The molecular weight excluding hydrogens is 376 g/mol. The van der Waals surface area contributed by atoms with Gasteiger partial charge in [0.2, 0.25) is 0 Å². The van der Waals surface area contributed by atoms with E-state index >= 15 is 0 Å². The molecule has 28 heavy (non-hydrogen) atoms. The maximum Gasteiger partial charge on any atom is 0.185 e. The summed E-state index contributed by atoms with van der Waals surface area (Å²) < 4.78 is 5.45. The second-order valence-corrected chi connectivity index (χ2v) is 7.01. The fraction of sp³-hybridized carbons (Fsp3) is 0.182. The topological polar surface area (TPSA) is 62.7 Å². The number of carbonyl (C=O) groups is 1. The smallest absolute Gasteiger partial charge is 0.185 e. The van der Waals surface area contributed by atoms with Crippen molar-refractivity contribution < 1.29 is 14.6 Å². The summed E-state index contributed by atoms with van der Waals surface area (Å²) in [5.74, 6) is 0.0854. The van der Waals surface area contributed by atoms with Gasteiger partial charge in [-0.15, -0.1) is 0 Å². The molecule has 4 rings (SSSR count). The lowest BCUT2D eigenvalue weighted by Gasteiger charge is -2.30. The van der Waals surface area contributed by atoms with Crippen molar-refractivity contribution in [2.45, 2.75) is 0 Å². The van der Waals surface area contributed by atoms with Gasteiger partial charge in [-0.3, -0.25) is 4.79 Å². The highest BCUT2D eigenvalue weighted by molar-refractivity contribution is 6.30. The number of morpholine rings is 1. The molecule has 5 nitrogen and oxygen atoms in total. The van der Waals surface area contributed by atoms with Gasteiger partial charge in [-0.05, 0) is 60.7 Å². The summed E-state index contributed by atoms with van der Waals surface area (Å²) >= 11 is 5.88. The normalized spacial score (nSPS) is 14.7. The third-order valence-electron chi connectivity index (χ3n) is 4.68. The Morgan fingerprint density at radius 2 is 1.86 bits per heavy atom. The van der Waals surface area contributed by atoms with Crippen LogP contribution < -0.4 is 4.90 Å². The molecule has 0 spiro atoms. The van der Waals surface area contributed by atoms with E-state index in [1.165, 1.54) is 6.08 Å². The summed E-state index contributed by atoms with van der Waals surface area (Å²) in [7, 11) is 0. The molecule has 1 aromatic heterocycles. The molecule has 0 radical (unpaired) electrons. The highest BCUT2D eigenvalue weighted by Gasteiger charge is 2.16. The Morgan fingerprint density at radius 1 is 1.11 bits per heavy atom. The Kier molecular flexibility index (Phi) is 5.28. The van der Waals surface area contributed by atoms with E-state index in [4.69, 9.17) is 16.3 Å². The van der Waals surface area contributed by atoms with Crippen LogP contribution in [0.5, 0.6) is 5.75 Å². The van der Waals surface area contributed by atoms with Crippen LogP contribution in [0, 0.1) is 0 Å². The van der Waals surface area contributed by atoms with E-state index in [9.17, 15) is 9.90 Å². The monoisotopic (exact) mass is 394 g/mol. The molecule has 0 bridgehead atoms. The number of hydrogen-bond donors (Lipinski definition) is 1. The number of allylic oxidation sites excluding steroid dienone is 1. The van der Waals surface area contributed by atoms with E-state index in [2.05, 4.69) is 9.88 Å². The maximum absolute atomic E-state index is 12.4. The summed E-state index contributed by atoms with van der Waals surface area (Å²) in [5.41, 5.74) is 2.99. The number of nitrogens with zero attached hydrogens (tertiary/aromatic N) is 2. The molecule has 0 amide bonds. The van der Waals surface area contributed by atoms with Crippen molar-refractivity contribution in [3.8, 4) is 5.75 Å². The minimum absolute atomic E-state index is 0.114. The van der Waals surface area contributed by atoms with Crippen LogP contribution in [-0.2, 0) is 4.74 Å². The predicted molar refractivity (Wildman–Crippen MR) is 111 cm³/mol. The second kappa shape index (κ2) is 8.00. The first-order chi connectivity index (χ1) is 13.6. The lowest BCUT2D eigenvalue weighted by atomic mass is 10.1. The van der Waals surface area contributed by atoms with Crippen molar-refractivity contribution in [2.24, 2.45) is 0 Å². The number of pyridine rings is 1. The van der Waals surface area contributed by atoms with Crippen LogP contribution in [0.25, 0.3) is 17.0 Å². The number of halogens is 1. The van der Waals surface area contributed by atoms with Crippen LogP contribution in [0.1, 0.15) is 16.1 Å². The van der Waals surface area contributed by atoms with Crippen molar-refractivity contribution >= 4 is 40.1 Å². The van der Waals surface area contributed by atoms with E-state index in [1.807, 2.05) is 6.07 Å². The highest BCUT2D eigenvalue weighted by atomic mass is 35.5. The van der Waals surface area contributed by atoms with Crippen molar-refractivity contribution in [1.29, 1.82) is 0 Å². The third kappa shape index (κ3) is 4.01. The average Bonchev–Trinajstić information content (AvgIpc) is 2.72. The molecule has 0 unspecified atom stereocenters. The highest BCUT2D eigenvalue weighted by Crippen LogP contribution is 2.30. The predicted octanol–water partition coefficient (Wildman–Crippen LogP) is 4.33. The lowest BCUT2D eigenvalue weighted by Crippen LogP contribution is -2.36. The summed E-state index contributed by atoms with van der Waals surface area (Å²) in [4.78, 5) is 19.2. The van der Waals surface area contributed by atoms with Gasteiger partial charge in [-0.25, -0.2) is 4.98 Å². The Balaban J connectivity index is 1.69. The molecule has 1 saturated heterocycles. The number of aromatic hydroxyl groups is 1. The molecule has 0 saturated carbocycles. The third-order valence-corrected chi connectivity index (χ3v) is 4.93. The van der Waals surface area contributed by atoms with Gasteiger partial charge in [-0.2, -0.15) is 0 Å². The molecule has 1 aliphatic rings. The summed E-state index contributed by atoms with van der Waals surface area (Å²) in [6.45, 7) is 2.84. The Morgan fingerprint density at radius 3 is 2.61 bits per heavy atom. The molecule has 0 aliphatic carbocycles. The molecule has 1 N–H and O–H groups in total. The van der Waals surface area contributed by atoms with Crippen LogP contribution in [-0.4, -0.2) is 42.2 Å². The van der Waals surface area contributed by atoms with Gasteiger partial charge in [0.25, 0.3) is 0 Å². The zero-order valence-corrected chi connectivity index (χ0v) is 15.9. The van der Waals surface area contributed by atoms with Crippen LogP contribution >= 0.6 is 11.6 Å². The van der Waals surface area contributed by atoms with Gasteiger partial charge >= 0.3 is 0 Å². The zero-order chi connectivity index (χ0) is 19.5. The first kappa shape index (κ1) is 18.5. The van der Waals surface area contributed by atoms with E-state index in [1.54, 1.807) is 48.5 Å². The molecule has 1 fully saturated rings. The summed E-state index contributed by atoms with van der Waals surface area (Å²) in [5, 5.41) is 11.4. The number of phenolic OH excluding ortho intramolecular Hbond substituents is 1. The molecule has 3 aromatic rings. The number of hydrogen-bond acceptors (Lipinski definition) is 5. The minimum atomic E-state index is -0.114. The lowest BCUT2D eigenvalue weighted by molar-refractivity contribution is 0.104. The van der Waals surface area contributed by atoms with Crippen molar-refractivity contribution in [2.75, 3.05) is 31.2 Å². The number of phenols is 1. The van der Waals surface area contributed by atoms with E-state index in [0.29, 0.717) is 29.5 Å². The van der Waals surface area contributed by atoms with E-state index in [-0.39, 0.29) is 11.5 Å². The largest absolute Gasteiger partial charge is 0.508 e. The number of aromatic nitrogens is 1. The Hall–Kier alpha value is -2.89. The molecule has 1 aliphatic heterocycles. The molecule has 142 valence electrons. The summed E-state index contributed by atoms with van der Waals surface area (Å²) in [6, 6.07) is 13.9. The molecule has 0 atom stereocenters. The Bertz CT molecular complexity index is 1040. The van der Waals surface area contributed by atoms with Crippen molar-refractivity contribution in [3.63, 3.8) is 0 Å². The number of carbonyl (C=O) groups excluding carboxylic acids is 1. The zero-order valence-electron chi connectivity index (χ0n) is 15.1. The van der Waals surface area contributed by atoms with Crippen molar-refractivity contribution in [3.05, 3.63) is 70.9 Å².